The van der Waals surface area contributed by atoms with Gasteiger partial charge in [0, 0.05) is 34.4 Å². The Hall–Kier alpha value is -0.710. The predicted molar refractivity (Wildman–Crippen MR) is 61.7 cm³/mol. The van der Waals surface area contributed by atoms with Crippen LogP contribution in [0.2, 0.25) is 0 Å². The molecule has 0 atom stereocenters. The van der Waals surface area contributed by atoms with Crippen molar-refractivity contribution in [2.45, 2.75) is 20.0 Å². The maximum Gasteiger partial charge on any atom is 0.106 e. The standard InChI is InChI=1S/C10H12N2S2/c1-8-2-3-9(14-8)6-11-7-10-12-4-5-13-10/h2-5,11H,6-7H2,1H3. The van der Waals surface area contributed by atoms with Crippen LogP contribution in [0.4, 0.5) is 0 Å². The number of thiophene rings is 1. The highest BCUT2D eigenvalue weighted by atomic mass is 32.1. The van der Waals surface area contributed by atoms with Gasteiger partial charge in [0.15, 0.2) is 0 Å². The van der Waals surface area contributed by atoms with E-state index < -0.39 is 0 Å². The van der Waals surface area contributed by atoms with Gasteiger partial charge >= 0.3 is 0 Å². The van der Waals surface area contributed by atoms with E-state index in [9.17, 15) is 0 Å². The third-order valence-electron chi connectivity index (χ3n) is 1.85. The van der Waals surface area contributed by atoms with E-state index in [1.54, 1.807) is 11.3 Å². The van der Waals surface area contributed by atoms with Crippen molar-refractivity contribution >= 4 is 22.7 Å². The van der Waals surface area contributed by atoms with Gasteiger partial charge in [-0.3, -0.25) is 0 Å². The molecule has 2 aromatic rings. The lowest BCUT2D eigenvalue weighted by Crippen LogP contribution is -2.11. The summed E-state index contributed by atoms with van der Waals surface area (Å²) in [7, 11) is 0. The summed E-state index contributed by atoms with van der Waals surface area (Å²) in [5, 5.41) is 6.53. The van der Waals surface area contributed by atoms with Crippen LogP contribution in [0.3, 0.4) is 0 Å². The van der Waals surface area contributed by atoms with Gasteiger partial charge < -0.3 is 5.32 Å². The molecule has 4 heteroatoms. The molecule has 2 nitrogen and oxygen atoms in total. The summed E-state index contributed by atoms with van der Waals surface area (Å²) < 4.78 is 0. The molecule has 0 radical (unpaired) electrons. The normalized spacial score (nSPS) is 10.6. The van der Waals surface area contributed by atoms with Crippen molar-refractivity contribution in [2.24, 2.45) is 0 Å². The monoisotopic (exact) mass is 224 g/mol. The number of aromatic nitrogens is 1. The molecule has 14 heavy (non-hydrogen) atoms. The first-order chi connectivity index (χ1) is 6.84. The minimum atomic E-state index is 0.870. The Morgan fingerprint density at radius 3 is 2.93 bits per heavy atom. The second-order valence-electron chi connectivity index (χ2n) is 3.04. The molecule has 0 aliphatic carbocycles. The number of rotatable bonds is 4. The quantitative estimate of drug-likeness (QED) is 0.864. The summed E-state index contributed by atoms with van der Waals surface area (Å²) in [6.07, 6.45) is 1.84. The maximum atomic E-state index is 4.21. The zero-order chi connectivity index (χ0) is 9.80. The van der Waals surface area contributed by atoms with Crippen molar-refractivity contribution in [3.05, 3.63) is 38.5 Å². The highest BCUT2D eigenvalue weighted by molar-refractivity contribution is 7.11. The summed E-state index contributed by atoms with van der Waals surface area (Å²) in [4.78, 5) is 6.97. The Bertz CT molecular complexity index is 378. The van der Waals surface area contributed by atoms with Crippen LogP contribution in [0.25, 0.3) is 0 Å². The highest BCUT2D eigenvalue weighted by Crippen LogP contribution is 2.14. The molecular weight excluding hydrogens is 212 g/mol. The van der Waals surface area contributed by atoms with Gasteiger partial charge in [0.05, 0.1) is 0 Å². The number of thiazole rings is 1. The van der Waals surface area contributed by atoms with Crippen LogP contribution in [0.1, 0.15) is 14.8 Å². The minimum absolute atomic E-state index is 0.870. The van der Waals surface area contributed by atoms with Gasteiger partial charge in [-0.25, -0.2) is 4.98 Å². The van der Waals surface area contributed by atoms with E-state index >= 15 is 0 Å². The molecule has 2 heterocycles. The van der Waals surface area contributed by atoms with Gasteiger partial charge in [0.1, 0.15) is 5.01 Å². The fourth-order valence-electron chi connectivity index (χ4n) is 1.21. The average molecular weight is 224 g/mol. The minimum Gasteiger partial charge on any atom is -0.306 e. The summed E-state index contributed by atoms with van der Waals surface area (Å²) >= 11 is 3.54. The van der Waals surface area contributed by atoms with E-state index in [0.29, 0.717) is 0 Å². The Morgan fingerprint density at radius 1 is 1.36 bits per heavy atom. The number of hydrogen-bond donors (Lipinski definition) is 1. The molecule has 0 saturated heterocycles. The second kappa shape index (κ2) is 4.68. The topological polar surface area (TPSA) is 24.9 Å². The molecule has 0 aliphatic rings. The van der Waals surface area contributed by atoms with E-state index in [0.717, 1.165) is 18.1 Å². The summed E-state index contributed by atoms with van der Waals surface area (Å²) in [6.45, 7) is 3.95. The number of hydrogen-bond acceptors (Lipinski definition) is 4. The van der Waals surface area contributed by atoms with E-state index in [-0.39, 0.29) is 0 Å². The average Bonchev–Trinajstić information content (AvgIpc) is 2.77. The third kappa shape index (κ3) is 2.64. The molecule has 74 valence electrons. The molecule has 2 aromatic heterocycles. The molecule has 0 amide bonds. The molecule has 0 unspecified atom stereocenters. The molecule has 2 rings (SSSR count). The van der Waals surface area contributed by atoms with Crippen LogP contribution in [0.15, 0.2) is 23.7 Å². The molecular formula is C10H12N2S2. The van der Waals surface area contributed by atoms with Crippen LogP contribution < -0.4 is 5.32 Å². The summed E-state index contributed by atoms with van der Waals surface area (Å²) in [5.41, 5.74) is 0. The van der Waals surface area contributed by atoms with Crippen molar-refractivity contribution in [2.75, 3.05) is 0 Å². The summed E-state index contributed by atoms with van der Waals surface area (Å²) in [5.74, 6) is 0. The first-order valence-corrected chi connectivity index (χ1v) is 6.18. The van der Waals surface area contributed by atoms with Crippen LogP contribution >= 0.6 is 22.7 Å². The van der Waals surface area contributed by atoms with Crippen molar-refractivity contribution < 1.29 is 0 Å². The Morgan fingerprint density at radius 2 is 2.29 bits per heavy atom. The van der Waals surface area contributed by atoms with Crippen LogP contribution in [-0.4, -0.2) is 4.98 Å². The number of aryl methyl sites for hydroxylation is 1. The molecule has 0 saturated carbocycles. The van der Waals surface area contributed by atoms with Gasteiger partial charge in [0.2, 0.25) is 0 Å². The zero-order valence-corrected chi connectivity index (χ0v) is 9.62. The number of nitrogens with zero attached hydrogens (tertiary/aromatic N) is 1. The number of nitrogens with one attached hydrogen (secondary N) is 1. The van der Waals surface area contributed by atoms with Crippen LogP contribution in [0.5, 0.6) is 0 Å². The summed E-state index contributed by atoms with van der Waals surface area (Å²) in [6, 6.07) is 4.33. The maximum absolute atomic E-state index is 4.21. The first kappa shape index (κ1) is 9.83. The van der Waals surface area contributed by atoms with E-state index in [1.807, 2.05) is 22.9 Å². The van der Waals surface area contributed by atoms with E-state index in [4.69, 9.17) is 0 Å². The van der Waals surface area contributed by atoms with Crippen molar-refractivity contribution in [1.29, 1.82) is 0 Å². The van der Waals surface area contributed by atoms with Crippen molar-refractivity contribution in [3.63, 3.8) is 0 Å². The zero-order valence-electron chi connectivity index (χ0n) is 7.99. The molecule has 0 fully saturated rings. The van der Waals surface area contributed by atoms with E-state index in [2.05, 4.69) is 29.4 Å². The SMILES string of the molecule is Cc1ccc(CNCc2nccs2)s1. The highest BCUT2D eigenvalue weighted by Gasteiger charge is 1.97. The lowest BCUT2D eigenvalue weighted by atomic mass is 10.4. The van der Waals surface area contributed by atoms with E-state index in [1.165, 1.54) is 9.75 Å². The molecule has 0 aliphatic heterocycles. The smallest absolute Gasteiger partial charge is 0.106 e. The van der Waals surface area contributed by atoms with Crippen LogP contribution in [0, 0.1) is 6.92 Å². The lowest BCUT2D eigenvalue weighted by molar-refractivity contribution is 0.697. The third-order valence-corrected chi connectivity index (χ3v) is 3.64. The fraction of sp³-hybridized carbons (Fsp3) is 0.300. The van der Waals surface area contributed by atoms with Crippen LogP contribution in [-0.2, 0) is 13.1 Å². The molecule has 0 spiro atoms. The van der Waals surface area contributed by atoms with Crippen molar-refractivity contribution in [1.82, 2.24) is 10.3 Å². The van der Waals surface area contributed by atoms with Gasteiger partial charge in [-0.2, -0.15) is 0 Å². The predicted octanol–water partition coefficient (Wildman–Crippen LogP) is 2.80. The van der Waals surface area contributed by atoms with Gasteiger partial charge in [-0.05, 0) is 19.1 Å². The van der Waals surface area contributed by atoms with Gasteiger partial charge in [-0.1, -0.05) is 0 Å². The fourth-order valence-corrected chi connectivity index (χ4v) is 2.66. The largest absolute Gasteiger partial charge is 0.306 e. The molecule has 1 N–H and O–H groups in total. The first-order valence-electron chi connectivity index (χ1n) is 4.49. The Balaban J connectivity index is 1.78. The second-order valence-corrected chi connectivity index (χ2v) is 5.39. The van der Waals surface area contributed by atoms with Crippen molar-refractivity contribution in [3.8, 4) is 0 Å². The Kier molecular flexibility index (Phi) is 3.29. The van der Waals surface area contributed by atoms with Gasteiger partial charge in [-0.15, -0.1) is 22.7 Å². The molecule has 0 bridgehead atoms. The Labute approximate surface area is 91.6 Å². The van der Waals surface area contributed by atoms with Gasteiger partial charge in [0.25, 0.3) is 0 Å². The lowest BCUT2D eigenvalue weighted by Gasteiger charge is -1.98. The molecule has 0 aromatic carbocycles.